The number of unbranched alkanes of at least 4 members (excludes halogenated alkanes) is 5. The van der Waals surface area contributed by atoms with Gasteiger partial charge in [0.1, 0.15) is 5.75 Å². The minimum Gasteiger partial charge on any atom is -0.507 e. The molecule has 1 aromatic carbocycles. The second-order valence-corrected chi connectivity index (χ2v) is 10.9. The molecule has 3 heteroatoms. The van der Waals surface area contributed by atoms with Crippen LogP contribution in [0.5, 0.6) is 5.75 Å². The van der Waals surface area contributed by atoms with Crippen molar-refractivity contribution in [3.63, 3.8) is 0 Å². The average Bonchev–Trinajstić information content (AvgIpc) is 2.58. The van der Waals surface area contributed by atoms with Crippen LogP contribution in [-0.4, -0.2) is 17.7 Å². The first kappa shape index (κ1) is 25.5. The number of esters is 1. The van der Waals surface area contributed by atoms with Crippen LogP contribution in [0.25, 0.3) is 0 Å². The van der Waals surface area contributed by atoms with Gasteiger partial charge in [-0.25, -0.2) is 0 Å². The molecule has 0 bridgehead atoms. The van der Waals surface area contributed by atoms with E-state index in [9.17, 15) is 9.90 Å². The number of carbonyl (C=O) groups excluding carboxylic acids is 1. The smallest absolute Gasteiger partial charge is 0.315 e. The third-order valence-corrected chi connectivity index (χ3v) is 5.69. The number of rotatable bonds is 9. The largest absolute Gasteiger partial charge is 0.507 e. The standard InChI is InChI=1S/C26H44O3/c1-10-11-12-13-14-15-16-29-23(28)26(8,9)19-17-20(24(2,3)4)22(27)21(18-19)25(5,6)7/h17-18,27H,10-16H2,1-9H3. The van der Waals surface area contributed by atoms with Gasteiger partial charge in [-0.15, -0.1) is 0 Å². The number of ether oxygens (including phenoxy) is 1. The Morgan fingerprint density at radius 3 is 1.72 bits per heavy atom. The molecule has 0 radical (unpaired) electrons. The lowest BCUT2D eigenvalue weighted by Gasteiger charge is -2.31. The Balaban J connectivity index is 3.03. The Hall–Kier alpha value is -1.51. The fourth-order valence-corrected chi connectivity index (χ4v) is 3.48. The Kier molecular flexibility index (Phi) is 8.80. The number of carbonyl (C=O) groups is 1. The van der Waals surface area contributed by atoms with Crippen LogP contribution in [0.15, 0.2) is 12.1 Å². The summed E-state index contributed by atoms with van der Waals surface area (Å²) in [6.07, 6.45) is 7.00. The van der Waals surface area contributed by atoms with Crippen LogP contribution in [0.4, 0.5) is 0 Å². The SMILES string of the molecule is CCCCCCCCOC(=O)C(C)(C)c1cc(C(C)(C)C)c(O)c(C(C)(C)C)c1. The molecular formula is C26H44O3. The van der Waals surface area contributed by atoms with Crippen LogP contribution < -0.4 is 0 Å². The molecule has 0 amide bonds. The zero-order chi connectivity index (χ0) is 22.5. The summed E-state index contributed by atoms with van der Waals surface area (Å²) < 4.78 is 5.65. The molecule has 0 aromatic heterocycles. The highest BCUT2D eigenvalue weighted by molar-refractivity contribution is 5.82. The zero-order valence-electron chi connectivity index (χ0n) is 20.4. The first-order valence-electron chi connectivity index (χ1n) is 11.3. The van der Waals surface area contributed by atoms with Gasteiger partial charge in [0, 0.05) is 0 Å². The van der Waals surface area contributed by atoms with Gasteiger partial charge in [0.05, 0.1) is 12.0 Å². The predicted molar refractivity (Wildman–Crippen MR) is 123 cm³/mol. The maximum absolute atomic E-state index is 12.9. The lowest BCUT2D eigenvalue weighted by molar-refractivity contribution is -0.149. The van der Waals surface area contributed by atoms with Crippen molar-refractivity contribution < 1.29 is 14.6 Å². The summed E-state index contributed by atoms with van der Waals surface area (Å²) in [6, 6.07) is 3.97. The quantitative estimate of drug-likeness (QED) is 0.350. The van der Waals surface area contributed by atoms with E-state index in [0.717, 1.165) is 29.5 Å². The summed E-state index contributed by atoms with van der Waals surface area (Å²) in [5.74, 6) is 0.140. The van der Waals surface area contributed by atoms with Crippen LogP contribution in [0, 0.1) is 0 Å². The van der Waals surface area contributed by atoms with Crippen molar-refractivity contribution in [1.29, 1.82) is 0 Å². The van der Waals surface area contributed by atoms with Crippen molar-refractivity contribution >= 4 is 5.97 Å². The highest BCUT2D eigenvalue weighted by Gasteiger charge is 2.35. The van der Waals surface area contributed by atoms with Gasteiger partial charge in [-0.05, 0) is 47.8 Å². The molecule has 0 aliphatic rings. The Morgan fingerprint density at radius 2 is 1.28 bits per heavy atom. The highest BCUT2D eigenvalue weighted by atomic mass is 16.5. The lowest BCUT2D eigenvalue weighted by Crippen LogP contribution is -2.32. The van der Waals surface area contributed by atoms with E-state index in [2.05, 4.69) is 48.5 Å². The topological polar surface area (TPSA) is 46.5 Å². The highest BCUT2D eigenvalue weighted by Crippen LogP contribution is 2.42. The maximum atomic E-state index is 12.9. The van der Waals surface area contributed by atoms with Gasteiger partial charge in [-0.3, -0.25) is 4.79 Å². The summed E-state index contributed by atoms with van der Waals surface area (Å²) >= 11 is 0. The van der Waals surface area contributed by atoms with Crippen molar-refractivity contribution in [3.05, 3.63) is 28.8 Å². The van der Waals surface area contributed by atoms with Gasteiger partial charge >= 0.3 is 5.97 Å². The van der Waals surface area contributed by atoms with Crippen molar-refractivity contribution in [2.24, 2.45) is 0 Å². The number of phenols is 1. The lowest BCUT2D eigenvalue weighted by atomic mass is 9.74. The molecule has 3 nitrogen and oxygen atoms in total. The van der Waals surface area contributed by atoms with Crippen molar-refractivity contribution in [1.82, 2.24) is 0 Å². The van der Waals surface area contributed by atoms with E-state index >= 15 is 0 Å². The normalized spacial score (nSPS) is 12.9. The van der Waals surface area contributed by atoms with E-state index in [1.165, 1.54) is 25.7 Å². The second-order valence-electron chi connectivity index (χ2n) is 10.9. The van der Waals surface area contributed by atoms with Gasteiger partial charge in [-0.2, -0.15) is 0 Å². The molecule has 0 aliphatic carbocycles. The number of benzene rings is 1. The molecule has 1 aromatic rings. The van der Waals surface area contributed by atoms with Gasteiger partial charge in [0.15, 0.2) is 0 Å². The predicted octanol–water partition coefficient (Wildman–Crippen LogP) is 7.17. The summed E-state index contributed by atoms with van der Waals surface area (Å²) in [4.78, 5) is 12.9. The number of hydrogen-bond donors (Lipinski definition) is 1. The van der Waals surface area contributed by atoms with Crippen molar-refractivity contribution in [3.8, 4) is 5.75 Å². The average molecular weight is 405 g/mol. The van der Waals surface area contributed by atoms with Crippen LogP contribution in [0.2, 0.25) is 0 Å². The molecule has 0 saturated heterocycles. The first-order valence-corrected chi connectivity index (χ1v) is 11.3. The summed E-state index contributed by atoms with van der Waals surface area (Å²) in [7, 11) is 0. The van der Waals surface area contributed by atoms with Crippen molar-refractivity contribution in [2.45, 2.75) is 117 Å². The summed E-state index contributed by atoms with van der Waals surface area (Å²) in [5.41, 5.74) is 1.43. The molecule has 0 unspecified atom stereocenters. The van der Waals surface area contributed by atoms with E-state index in [1.54, 1.807) is 0 Å². The molecule has 0 heterocycles. The molecule has 0 fully saturated rings. The monoisotopic (exact) mass is 404 g/mol. The Morgan fingerprint density at radius 1 is 0.828 bits per heavy atom. The molecule has 0 saturated carbocycles. The van der Waals surface area contributed by atoms with E-state index in [-0.39, 0.29) is 16.8 Å². The van der Waals surface area contributed by atoms with E-state index in [0.29, 0.717) is 12.4 Å². The van der Waals surface area contributed by atoms with Crippen LogP contribution >= 0.6 is 0 Å². The Bertz CT molecular complexity index is 637. The van der Waals surface area contributed by atoms with Crippen LogP contribution in [-0.2, 0) is 25.8 Å². The van der Waals surface area contributed by atoms with Gasteiger partial charge in [0.2, 0.25) is 0 Å². The fraction of sp³-hybridized carbons (Fsp3) is 0.731. The molecule has 0 aliphatic heterocycles. The second kappa shape index (κ2) is 10.00. The minimum atomic E-state index is -0.768. The third-order valence-electron chi connectivity index (χ3n) is 5.69. The third kappa shape index (κ3) is 7.04. The maximum Gasteiger partial charge on any atom is 0.315 e. The summed E-state index contributed by atoms with van der Waals surface area (Å²) in [5, 5.41) is 10.9. The first-order chi connectivity index (χ1) is 13.2. The van der Waals surface area contributed by atoms with Crippen LogP contribution in [0.1, 0.15) is 118 Å². The van der Waals surface area contributed by atoms with E-state index < -0.39 is 5.41 Å². The minimum absolute atomic E-state index is 0.198. The molecule has 1 N–H and O–H groups in total. The molecule has 166 valence electrons. The van der Waals surface area contributed by atoms with Gasteiger partial charge in [0.25, 0.3) is 0 Å². The fourth-order valence-electron chi connectivity index (χ4n) is 3.48. The molecular weight excluding hydrogens is 360 g/mol. The van der Waals surface area contributed by atoms with Crippen molar-refractivity contribution in [2.75, 3.05) is 6.61 Å². The Labute approximate surface area is 179 Å². The van der Waals surface area contributed by atoms with E-state index in [1.807, 2.05) is 26.0 Å². The zero-order valence-corrected chi connectivity index (χ0v) is 20.4. The number of hydrogen-bond acceptors (Lipinski definition) is 3. The molecule has 0 spiro atoms. The molecule has 29 heavy (non-hydrogen) atoms. The van der Waals surface area contributed by atoms with Crippen LogP contribution in [0.3, 0.4) is 0 Å². The molecule has 1 rings (SSSR count). The van der Waals surface area contributed by atoms with Gasteiger partial charge < -0.3 is 9.84 Å². The number of phenolic OH excluding ortho intramolecular Hbond substituents is 1. The molecule has 0 atom stereocenters. The van der Waals surface area contributed by atoms with Gasteiger partial charge in [-0.1, -0.05) is 92.7 Å². The number of aromatic hydroxyl groups is 1. The van der Waals surface area contributed by atoms with E-state index in [4.69, 9.17) is 4.74 Å². The summed E-state index contributed by atoms with van der Waals surface area (Å²) in [6.45, 7) is 19.0.